The molecule has 0 radical (unpaired) electrons. The van der Waals surface area contributed by atoms with E-state index in [1.54, 1.807) is 12.1 Å². The topological polar surface area (TPSA) is 12.0 Å². The third-order valence-corrected chi connectivity index (χ3v) is 4.15. The molecular weight excluding hydrogens is 308 g/mol. The van der Waals surface area contributed by atoms with Crippen molar-refractivity contribution in [1.82, 2.24) is 5.32 Å². The Hall–Kier alpha value is -1.09. The number of nitrogens with one attached hydrogen (secondary N) is 1. The number of hydrogen-bond donors (Lipinski definition) is 1. The number of hydrogen-bond acceptors (Lipinski definition) is 1. The van der Waals surface area contributed by atoms with Crippen LogP contribution in [0.5, 0.6) is 0 Å². The Bertz CT molecular complexity index is 608. The van der Waals surface area contributed by atoms with E-state index in [1.165, 1.54) is 6.07 Å². The van der Waals surface area contributed by atoms with Crippen molar-refractivity contribution in [2.75, 3.05) is 6.54 Å². The lowest BCUT2D eigenvalue weighted by Gasteiger charge is -2.22. The fourth-order valence-electron chi connectivity index (χ4n) is 2.25. The Morgan fingerprint density at radius 2 is 1.90 bits per heavy atom. The second-order valence-electron chi connectivity index (χ2n) is 5.03. The van der Waals surface area contributed by atoms with Crippen LogP contribution in [0.3, 0.4) is 0 Å². The standard InChI is InChI=1S/C17H18Cl2FN/c1-3-9-21-17(12-8-7-11(2)14(19)10-12)16-13(18)5-4-6-15(16)20/h4-8,10,17,21H,3,9H2,1-2H3. The quantitative estimate of drug-likeness (QED) is 0.762. The molecule has 0 saturated heterocycles. The third-order valence-electron chi connectivity index (χ3n) is 3.42. The Kier molecular flexibility index (Phi) is 5.63. The zero-order valence-electron chi connectivity index (χ0n) is 12.1. The predicted octanol–water partition coefficient (Wildman–Crippen LogP) is 5.53. The molecule has 1 N–H and O–H groups in total. The van der Waals surface area contributed by atoms with Crippen molar-refractivity contribution in [2.45, 2.75) is 26.3 Å². The van der Waals surface area contributed by atoms with Gasteiger partial charge in [0.1, 0.15) is 5.82 Å². The largest absolute Gasteiger partial charge is 0.306 e. The van der Waals surface area contributed by atoms with Gasteiger partial charge in [-0.2, -0.15) is 0 Å². The summed E-state index contributed by atoms with van der Waals surface area (Å²) >= 11 is 12.4. The van der Waals surface area contributed by atoms with E-state index in [-0.39, 0.29) is 11.9 Å². The Balaban J connectivity index is 2.49. The van der Waals surface area contributed by atoms with Gasteiger partial charge in [-0.25, -0.2) is 4.39 Å². The van der Waals surface area contributed by atoms with E-state index >= 15 is 0 Å². The van der Waals surface area contributed by atoms with Gasteiger partial charge >= 0.3 is 0 Å². The van der Waals surface area contributed by atoms with Crippen LogP contribution in [-0.2, 0) is 0 Å². The maximum Gasteiger partial charge on any atom is 0.129 e. The van der Waals surface area contributed by atoms with Crippen LogP contribution >= 0.6 is 23.2 Å². The maximum atomic E-state index is 14.2. The fourth-order valence-corrected chi connectivity index (χ4v) is 2.71. The lowest BCUT2D eigenvalue weighted by molar-refractivity contribution is 0.547. The molecule has 0 spiro atoms. The Morgan fingerprint density at radius 3 is 2.52 bits per heavy atom. The van der Waals surface area contributed by atoms with E-state index in [2.05, 4.69) is 12.2 Å². The summed E-state index contributed by atoms with van der Waals surface area (Å²) in [6.07, 6.45) is 0.947. The van der Waals surface area contributed by atoms with Crippen LogP contribution in [-0.4, -0.2) is 6.54 Å². The highest BCUT2D eigenvalue weighted by Gasteiger charge is 2.20. The predicted molar refractivity (Wildman–Crippen MR) is 87.7 cm³/mol. The van der Waals surface area contributed by atoms with Gasteiger partial charge < -0.3 is 5.32 Å². The molecule has 0 fully saturated rings. The average molecular weight is 326 g/mol. The van der Waals surface area contributed by atoms with Gasteiger partial charge in [0.2, 0.25) is 0 Å². The number of aryl methyl sites for hydroxylation is 1. The summed E-state index contributed by atoms with van der Waals surface area (Å²) in [4.78, 5) is 0. The first-order valence-corrected chi connectivity index (χ1v) is 7.73. The van der Waals surface area contributed by atoms with Crippen LogP contribution in [0.4, 0.5) is 4.39 Å². The van der Waals surface area contributed by atoms with Gasteiger partial charge in [0.15, 0.2) is 0 Å². The van der Waals surface area contributed by atoms with Gasteiger partial charge in [0.25, 0.3) is 0 Å². The molecule has 2 rings (SSSR count). The molecule has 2 aromatic rings. The van der Waals surface area contributed by atoms with Crippen molar-refractivity contribution in [3.8, 4) is 0 Å². The summed E-state index contributed by atoms with van der Waals surface area (Å²) in [6.45, 7) is 4.77. The first-order valence-electron chi connectivity index (χ1n) is 6.98. The third kappa shape index (κ3) is 3.76. The molecule has 21 heavy (non-hydrogen) atoms. The highest BCUT2D eigenvalue weighted by atomic mass is 35.5. The number of halogens is 3. The van der Waals surface area contributed by atoms with Gasteiger partial charge in [0, 0.05) is 15.6 Å². The maximum absolute atomic E-state index is 14.2. The van der Waals surface area contributed by atoms with Crippen LogP contribution in [0.15, 0.2) is 36.4 Å². The molecule has 1 nitrogen and oxygen atoms in total. The molecule has 0 heterocycles. The van der Waals surface area contributed by atoms with E-state index < -0.39 is 0 Å². The first kappa shape index (κ1) is 16.3. The SMILES string of the molecule is CCCNC(c1ccc(C)c(Cl)c1)c1c(F)cccc1Cl. The normalized spacial score (nSPS) is 12.4. The minimum atomic E-state index is -0.312. The Morgan fingerprint density at radius 1 is 1.14 bits per heavy atom. The van der Waals surface area contributed by atoms with Crippen molar-refractivity contribution in [3.05, 3.63) is 69.0 Å². The fraction of sp³-hybridized carbons (Fsp3) is 0.294. The zero-order valence-corrected chi connectivity index (χ0v) is 13.6. The summed E-state index contributed by atoms with van der Waals surface area (Å²) in [7, 11) is 0. The van der Waals surface area contributed by atoms with E-state index in [0.29, 0.717) is 15.6 Å². The highest BCUT2D eigenvalue weighted by Crippen LogP contribution is 2.32. The Labute approximate surface area is 135 Å². The van der Waals surface area contributed by atoms with E-state index in [4.69, 9.17) is 23.2 Å². The molecule has 0 amide bonds. The molecule has 2 aromatic carbocycles. The van der Waals surface area contributed by atoms with Crippen molar-refractivity contribution in [1.29, 1.82) is 0 Å². The minimum absolute atomic E-state index is 0.309. The first-order chi connectivity index (χ1) is 10.0. The molecular formula is C17H18Cl2FN. The van der Waals surface area contributed by atoms with Crippen LogP contribution < -0.4 is 5.32 Å². The summed E-state index contributed by atoms with van der Waals surface area (Å²) in [5.74, 6) is -0.312. The van der Waals surface area contributed by atoms with Crippen LogP contribution in [0, 0.1) is 12.7 Å². The minimum Gasteiger partial charge on any atom is -0.306 e. The summed E-state index contributed by atoms with van der Waals surface area (Å²) in [5, 5.41) is 4.43. The molecule has 0 aliphatic heterocycles. The van der Waals surface area contributed by atoms with Gasteiger partial charge in [-0.1, -0.05) is 48.3 Å². The van der Waals surface area contributed by atoms with E-state index in [0.717, 1.165) is 24.1 Å². The lowest BCUT2D eigenvalue weighted by atomic mass is 9.97. The molecule has 1 unspecified atom stereocenters. The van der Waals surface area contributed by atoms with Crippen LogP contribution in [0.1, 0.15) is 36.1 Å². The smallest absolute Gasteiger partial charge is 0.129 e. The van der Waals surface area contributed by atoms with Crippen LogP contribution in [0.25, 0.3) is 0 Å². The summed E-state index contributed by atoms with van der Waals surface area (Å²) in [5.41, 5.74) is 2.37. The molecule has 0 bridgehead atoms. The second kappa shape index (κ2) is 7.26. The summed E-state index contributed by atoms with van der Waals surface area (Å²) < 4.78 is 14.2. The second-order valence-corrected chi connectivity index (χ2v) is 5.85. The van der Waals surface area contributed by atoms with Crippen molar-refractivity contribution < 1.29 is 4.39 Å². The highest BCUT2D eigenvalue weighted by molar-refractivity contribution is 6.32. The summed E-state index contributed by atoms with van der Waals surface area (Å²) in [6, 6.07) is 10.2. The number of benzene rings is 2. The molecule has 112 valence electrons. The van der Waals surface area contributed by atoms with Gasteiger partial charge in [-0.15, -0.1) is 0 Å². The molecule has 1 atom stereocenters. The van der Waals surface area contributed by atoms with Crippen molar-refractivity contribution >= 4 is 23.2 Å². The van der Waals surface area contributed by atoms with E-state index in [1.807, 2.05) is 25.1 Å². The monoisotopic (exact) mass is 325 g/mol. The van der Waals surface area contributed by atoms with Crippen molar-refractivity contribution in [2.24, 2.45) is 0 Å². The van der Waals surface area contributed by atoms with Gasteiger partial charge in [-0.05, 0) is 49.2 Å². The number of rotatable bonds is 5. The zero-order chi connectivity index (χ0) is 15.4. The van der Waals surface area contributed by atoms with Gasteiger partial charge in [0.05, 0.1) is 6.04 Å². The van der Waals surface area contributed by atoms with E-state index in [9.17, 15) is 4.39 Å². The average Bonchev–Trinajstić information content (AvgIpc) is 2.45. The molecule has 4 heteroatoms. The molecule has 0 aliphatic carbocycles. The molecule has 0 aliphatic rings. The molecule has 0 saturated carbocycles. The lowest BCUT2D eigenvalue weighted by Crippen LogP contribution is -2.24. The van der Waals surface area contributed by atoms with Gasteiger partial charge in [-0.3, -0.25) is 0 Å². The van der Waals surface area contributed by atoms with Crippen molar-refractivity contribution in [3.63, 3.8) is 0 Å². The molecule has 0 aromatic heterocycles. The van der Waals surface area contributed by atoms with Crippen LogP contribution in [0.2, 0.25) is 10.0 Å².